The number of hydrogen-bond donors (Lipinski definition) is 3. The highest BCUT2D eigenvalue weighted by Crippen LogP contribution is 2.45. The van der Waals surface area contributed by atoms with Crippen LogP contribution in [0.5, 0.6) is 0 Å². The lowest BCUT2D eigenvalue weighted by molar-refractivity contribution is -0.161. The molecule has 90 heavy (non-hydrogen) atoms. The average Bonchev–Trinajstić information content (AvgIpc) is 3.73. The van der Waals surface area contributed by atoms with Crippen LogP contribution in [0.3, 0.4) is 0 Å². The van der Waals surface area contributed by atoms with Gasteiger partial charge in [-0.25, -0.2) is 9.13 Å². The van der Waals surface area contributed by atoms with Crippen molar-refractivity contribution in [1.82, 2.24) is 0 Å². The Bertz CT molecular complexity index is 1760. The maximum Gasteiger partial charge on any atom is 0.472 e. The Kier molecular flexibility index (Phi) is 61.8. The first kappa shape index (κ1) is 88.1. The lowest BCUT2D eigenvalue weighted by atomic mass is 9.99. The summed E-state index contributed by atoms with van der Waals surface area (Å²) in [6.07, 6.45) is 48.2. The molecule has 19 heteroatoms. The molecule has 17 nitrogen and oxygen atoms in total. The number of hydrogen-bond acceptors (Lipinski definition) is 15. The third-order valence-electron chi connectivity index (χ3n) is 17.2. The van der Waals surface area contributed by atoms with Gasteiger partial charge in [-0.05, 0) is 37.5 Å². The SMILES string of the molecule is CCCCCCCCCCCCCCC(=O)OC[C@H](COP(=O)(O)OC[C@H](O)COP(=O)(O)OC[C@@H](COC(=O)CCCCCCCCCCC(C)CC)OC(=O)CCCCCCCCCCCCC(C)CC)OC(=O)CCCCCCCCCCCCCC. The van der Waals surface area contributed by atoms with Crippen LogP contribution in [0.2, 0.25) is 0 Å². The molecule has 0 aliphatic rings. The van der Waals surface area contributed by atoms with Crippen LogP contribution in [-0.2, 0) is 65.4 Å². The molecule has 0 spiro atoms. The molecule has 7 atom stereocenters. The van der Waals surface area contributed by atoms with E-state index in [0.29, 0.717) is 25.7 Å². The second kappa shape index (κ2) is 63.1. The zero-order valence-corrected chi connectivity index (χ0v) is 60.2. The summed E-state index contributed by atoms with van der Waals surface area (Å²) in [5.41, 5.74) is 0. The Morgan fingerprint density at radius 3 is 0.789 bits per heavy atom. The van der Waals surface area contributed by atoms with Crippen LogP contribution in [0.4, 0.5) is 0 Å². The van der Waals surface area contributed by atoms with Gasteiger partial charge in [0.2, 0.25) is 0 Å². The third kappa shape index (κ3) is 62.2. The zero-order chi connectivity index (χ0) is 66.5. The third-order valence-corrected chi connectivity index (χ3v) is 19.1. The number of esters is 4. The first-order chi connectivity index (χ1) is 43.4. The van der Waals surface area contributed by atoms with Gasteiger partial charge in [-0.2, -0.15) is 0 Å². The molecule has 0 fully saturated rings. The fourth-order valence-electron chi connectivity index (χ4n) is 10.7. The highest BCUT2D eigenvalue weighted by Gasteiger charge is 2.30. The predicted octanol–water partition coefficient (Wildman–Crippen LogP) is 20.4. The van der Waals surface area contributed by atoms with Crippen molar-refractivity contribution in [1.29, 1.82) is 0 Å². The van der Waals surface area contributed by atoms with Gasteiger partial charge in [-0.15, -0.1) is 0 Å². The molecule has 0 aromatic carbocycles. The van der Waals surface area contributed by atoms with E-state index in [1.165, 1.54) is 180 Å². The minimum atomic E-state index is -4.95. The normalized spacial score (nSPS) is 14.7. The van der Waals surface area contributed by atoms with Crippen molar-refractivity contribution >= 4 is 39.5 Å². The predicted molar refractivity (Wildman–Crippen MR) is 363 cm³/mol. The molecule has 0 aliphatic carbocycles. The highest BCUT2D eigenvalue weighted by atomic mass is 31.2. The van der Waals surface area contributed by atoms with E-state index in [-0.39, 0.29) is 25.7 Å². The molecule has 0 heterocycles. The Balaban J connectivity index is 5.27. The second-order valence-corrected chi connectivity index (χ2v) is 29.0. The summed E-state index contributed by atoms with van der Waals surface area (Å²) in [4.78, 5) is 72.6. The number of phosphoric acid groups is 2. The Morgan fingerprint density at radius 2 is 0.533 bits per heavy atom. The van der Waals surface area contributed by atoms with Crippen LogP contribution in [0.1, 0.15) is 363 Å². The maximum absolute atomic E-state index is 13.0. The second-order valence-electron chi connectivity index (χ2n) is 26.1. The number of aliphatic hydroxyl groups excluding tert-OH is 1. The first-order valence-electron chi connectivity index (χ1n) is 37.1. The van der Waals surface area contributed by atoms with Crippen LogP contribution in [0, 0.1) is 11.8 Å². The molecule has 0 aromatic rings. The summed E-state index contributed by atoms with van der Waals surface area (Å²) in [7, 11) is -9.90. The van der Waals surface area contributed by atoms with E-state index in [2.05, 4.69) is 41.5 Å². The molecule has 0 saturated carbocycles. The summed E-state index contributed by atoms with van der Waals surface area (Å²) >= 11 is 0. The van der Waals surface area contributed by atoms with Crippen LogP contribution < -0.4 is 0 Å². The molecule has 3 N–H and O–H groups in total. The van der Waals surface area contributed by atoms with Gasteiger partial charge in [0.1, 0.15) is 19.3 Å². The molecule has 0 aliphatic heterocycles. The summed E-state index contributed by atoms with van der Waals surface area (Å²) in [5.74, 6) is -0.540. The van der Waals surface area contributed by atoms with E-state index in [4.69, 9.17) is 37.0 Å². The number of aliphatic hydroxyl groups is 1. The Hall–Kier alpha value is -1.94. The zero-order valence-electron chi connectivity index (χ0n) is 58.4. The van der Waals surface area contributed by atoms with E-state index in [1.54, 1.807) is 0 Å². The molecule has 0 saturated heterocycles. The standard InChI is InChI=1S/C71H138O17P2/c1-7-11-13-15-17-19-21-23-28-35-41-47-53-68(73)81-59-66(87-70(75)55-49-43-37-29-24-22-20-18-16-14-12-8-2)61-85-89(77,78)83-57-65(72)58-84-90(79,80)86-62-67(60-82-69(74)54-48-42-36-32-31-34-40-46-52-64(6)10-4)88-71(76)56-50-44-38-30-26-25-27-33-39-45-51-63(5)9-3/h63-67,72H,7-62H2,1-6H3,(H,77,78)(H,79,80)/t63?,64?,65-,66+,67+/m0/s1. The summed E-state index contributed by atoms with van der Waals surface area (Å²) in [5, 5.41) is 10.6. The molecule has 0 amide bonds. The van der Waals surface area contributed by atoms with Gasteiger partial charge in [0, 0.05) is 25.7 Å². The van der Waals surface area contributed by atoms with E-state index in [1.807, 2.05) is 0 Å². The van der Waals surface area contributed by atoms with Crippen LogP contribution >= 0.6 is 15.6 Å². The molecule has 0 bridgehead atoms. The van der Waals surface area contributed by atoms with Crippen molar-refractivity contribution in [3.63, 3.8) is 0 Å². The summed E-state index contributed by atoms with van der Waals surface area (Å²) < 4.78 is 68.4. The van der Waals surface area contributed by atoms with Gasteiger partial charge in [0.25, 0.3) is 0 Å². The van der Waals surface area contributed by atoms with Gasteiger partial charge in [0.15, 0.2) is 12.2 Å². The lowest BCUT2D eigenvalue weighted by Gasteiger charge is -2.21. The topological polar surface area (TPSA) is 237 Å². The number of rotatable bonds is 70. The van der Waals surface area contributed by atoms with E-state index in [9.17, 15) is 43.2 Å². The van der Waals surface area contributed by atoms with Crippen molar-refractivity contribution < 1.29 is 80.2 Å². The van der Waals surface area contributed by atoms with Gasteiger partial charge in [-0.3, -0.25) is 37.3 Å². The van der Waals surface area contributed by atoms with Crippen molar-refractivity contribution in [3.05, 3.63) is 0 Å². The Morgan fingerprint density at radius 1 is 0.311 bits per heavy atom. The minimum absolute atomic E-state index is 0.106. The molecular weight excluding hydrogens is 1190 g/mol. The van der Waals surface area contributed by atoms with Crippen LogP contribution in [-0.4, -0.2) is 96.7 Å². The molecule has 0 rings (SSSR count). The van der Waals surface area contributed by atoms with Gasteiger partial charge < -0.3 is 33.8 Å². The smallest absolute Gasteiger partial charge is 0.462 e. The Labute approximate surface area is 549 Å². The van der Waals surface area contributed by atoms with Crippen LogP contribution in [0.25, 0.3) is 0 Å². The van der Waals surface area contributed by atoms with Gasteiger partial charge in [-0.1, -0.05) is 311 Å². The fourth-order valence-corrected chi connectivity index (χ4v) is 12.3. The highest BCUT2D eigenvalue weighted by molar-refractivity contribution is 7.47. The van der Waals surface area contributed by atoms with Crippen molar-refractivity contribution in [3.8, 4) is 0 Å². The van der Waals surface area contributed by atoms with Crippen LogP contribution in [0.15, 0.2) is 0 Å². The molecule has 0 aromatic heterocycles. The molecule has 534 valence electrons. The first-order valence-corrected chi connectivity index (χ1v) is 40.1. The van der Waals surface area contributed by atoms with E-state index < -0.39 is 97.5 Å². The number of ether oxygens (including phenoxy) is 4. The van der Waals surface area contributed by atoms with E-state index >= 15 is 0 Å². The lowest BCUT2D eigenvalue weighted by Crippen LogP contribution is -2.30. The quantitative estimate of drug-likeness (QED) is 0.0222. The summed E-state index contributed by atoms with van der Waals surface area (Å²) in [6.45, 7) is 9.59. The monoisotopic (exact) mass is 1320 g/mol. The summed E-state index contributed by atoms with van der Waals surface area (Å²) in [6, 6.07) is 0. The van der Waals surface area contributed by atoms with Crippen molar-refractivity contribution in [2.45, 2.75) is 381 Å². The van der Waals surface area contributed by atoms with Crippen molar-refractivity contribution in [2.24, 2.45) is 11.8 Å². The molecule has 4 unspecified atom stereocenters. The minimum Gasteiger partial charge on any atom is -0.462 e. The van der Waals surface area contributed by atoms with Gasteiger partial charge >= 0.3 is 39.5 Å². The fraction of sp³-hybridized carbons (Fsp3) is 0.944. The maximum atomic E-state index is 13.0. The largest absolute Gasteiger partial charge is 0.472 e. The number of phosphoric ester groups is 2. The molecular formula is C71H138O17P2. The number of unbranched alkanes of at least 4 members (excludes halogenated alkanes) is 38. The molecule has 0 radical (unpaired) electrons. The number of carbonyl (C=O) groups is 4. The average molecular weight is 1330 g/mol. The van der Waals surface area contributed by atoms with Gasteiger partial charge in [0.05, 0.1) is 26.4 Å². The number of carbonyl (C=O) groups excluding carboxylic acids is 4. The van der Waals surface area contributed by atoms with E-state index in [0.717, 1.165) is 102 Å². The van der Waals surface area contributed by atoms with Crippen molar-refractivity contribution in [2.75, 3.05) is 39.6 Å².